The van der Waals surface area contributed by atoms with Gasteiger partial charge in [0.2, 0.25) is 0 Å². The molecule has 34 heavy (non-hydrogen) atoms. The van der Waals surface area contributed by atoms with E-state index >= 15 is 0 Å². The average molecular weight is 458 g/mol. The Hall–Kier alpha value is -3.80. The first-order valence-corrected chi connectivity index (χ1v) is 11.7. The number of fused-ring (bicyclic) bond motifs is 1. The SMILES string of the molecule is CCOc1ccc(CCNC(=O)c2cc3cnccc3n2Cc2cccc(C)c2)cc1OCC. The maximum atomic E-state index is 13.2. The van der Waals surface area contributed by atoms with Crippen LogP contribution in [0.15, 0.2) is 67.0 Å². The molecule has 4 aromatic rings. The lowest BCUT2D eigenvalue weighted by atomic mass is 10.1. The molecule has 0 spiro atoms. The molecule has 6 heteroatoms. The van der Waals surface area contributed by atoms with Crippen LogP contribution in [0.3, 0.4) is 0 Å². The summed E-state index contributed by atoms with van der Waals surface area (Å²) in [4.78, 5) is 17.4. The number of carbonyl (C=O) groups is 1. The second-order valence-electron chi connectivity index (χ2n) is 8.19. The second kappa shape index (κ2) is 10.9. The molecule has 0 bridgehead atoms. The molecule has 1 N–H and O–H groups in total. The Labute approximate surface area is 200 Å². The number of aryl methyl sites for hydroxylation is 1. The van der Waals surface area contributed by atoms with Crippen LogP contribution in [-0.2, 0) is 13.0 Å². The number of carbonyl (C=O) groups excluding carboxylic acids is 1. The van der Waals surface area contributed by atoms with Crippen molar-refractivity contribution in [1.29, 1.82) is 0 Å². The highest BCUT2D eigenvalue weighted by molar-refractivity contribution is 5.98. The van der Waals surface area contributed by atoms with Crippen LogP contribution >= 0.6 is 0 Å². The van der Waals surface area contributed by atoms with E-state index in [-0.39, 0.29) is 5.91 Å². The third kappa shape index (κ3) is 5.39. The van der Waals surface area contributed by atoms with Gasteiger partial charge in [-0.2, -0.15) is 0 Å². The second-order valence-corrected chi connectivity index (χ2v) is 8.19. The van der Waals surface area contributed by atoms with E-state index < -0.39 is 0 Å². The van der Waals surface area contributed by atoms with Gasteiger partial charge in [-0.15, -0.1) is 0 Å². The molecule has 2 aromatic heterocycles. The lowest BCUT2D eigenvalue weighted by molar-refractivity contribution is 0.0945. The van der Waals surface area contributed by atoms with Crippen LogP contribution in [0, 0.1) is 6.92 Å². The summed E-state index contributed by atoms with van der Waals surface area (Å²) in [5.74, 6) is 1.38. The molecule has 0 atom stereocenters. The van der Waals surface area contributed by atoms with Crippen LogP contribution < -0.4 is 14.8 Å². The van der Waals surface area contributed by atoms with Gasteiger partial charge in [0.05, 0.1) is 18.7 Å². The van der Waals surface area contributed by atoms with Crippen molar-refractivity contribution in [3.8, 4) is 11.5 Å². The fourth-order valence-corrected chi connectivity index (χ4v) is 4.12. The molecule has 176 valence electrons. The minimum atomic E-state index is -0.0974. The van der Waals surface area contributed by atoms with Crippen LogP contribution in [0.1, 0.15) is 41.0 Å². The number of aromatic nitrogens is 2. The summed E-state index contributed by atoms with van der Waals surface area (Å²) in [5, 5.41) is 4.04. The quantitative estimate of drug-likeness (QED) is 0.357. The van der Waals surface area contributed by atoms with Crippen molar-refractivity contribution in [2.75, 3.05) is 19.8 Å². The first-order chi connectivity index (χ1) is 16.6. The zero-order chi connectivity index (χ0) is 23.9. The number of hydrogen-bond donors (Lipinski definition) is 1. The highest BCUT2D eigenvalue weighted by Crippen LogP contribution is 2.28. The van der Waals surface area contributed by atoms with Gasteiger partial charge in [-0.1, -0.05) is 35.9 Å². The molecular weight excluding hydrogens is 426 g/mol. The van der Waals surface area contributed by atoms with Crippen molar-refractivity contribution in [1.82, 2.24) is 14.9 Å². The smallest absolute Gasteiger partial charge is 0.267 e. The number of pyridine rings is 1. The normalized spacial score (nSPS) is 10.9. The third-order valence-electron chi connectivity index (χ3n) is 5.66. The minimum absolute atomic E-state index is 0.0974. The van der Waals surface area contributed by atoms with Gasteiger partial charge >= 0.3 is 0 Å². The molecule has 0 aliphatic carbocycles. The average Bonchev–Trinajstić information content (AvgIpc) is 3.19. The van der Waals surface area contributed by atoms with Gasteiger partial charge in [0.15, 0.2) is 11.5 Å². The molecule has 0 radical (unpaired) electrons. The van der Waals surface area contributed by atoms with E-state index in [0.29, 0.717) is 38.4 Å². The fraction of sp³-hybridized carbons (Fsp3) is 0.286. The number of nitrogens with one attached hydrogen (secondary N) is 1. The van der Waals surface area contributed by atoms with Crippen LogP contribution in [0.4, 0.5) is 0 Å². The Morgan fingerprint density at radius 2 is 1.79 bits per heavy atom. The fourth-order valence-electron chi connectivity index (χ4n) is 4.12. The van der Waals surface area contributed by atoms with E-state index in [1.165, 1.54) is 5.56 Å². The molecular formula is C28H31N3O3. The van der Waals surface area contributed by atoms with Crippen molar-refractivity contribution in [3.05, 3.63) is 89.4 Å². The van der Waals surface area contributed by atoms with Gasteiger partial charge in [-0.25, -0.2) is 0 Å². The van der Waals surface area contributed by atoms with Crippen molar-refractivity contribution in [2.45, 2.75) is 33.7 Å². The Bertz CT molecular complexity index is 1280. The van der Waals surface area contributed by atoms with Gasteiger partial charge < -0.3 is 19.4 Å². The monoisotopic (exact) mass is 457 g/mol. The van der Waals surface area contributed by atoms with Crippen molar-refractivity contribution >= 4 is 16.8 Å². The number of hydrogen-bond acceptors (Lipinski definition) is 4. The van der Waals surface area contributed by atoms with Crippen molar-refractivity contribution in [3.63, 3.8) is 0 Å². The Morgan fingerprint density at radius 1 is 0.971 bits per heavy atom. The van der Waals surface area contributed by atoms with Crippen molar-refractivity contribution < 1.29 is 14.3 Å². The molecule has 4 rings (SSSR count). The zero-order valence-electron chi connectivity index (χ0n) is 20.0. The Balaban J connectivity index is 1.49. The van der Waals surface area contributed by atoms with E-state index in [9.17, 15) is 4.79 Å². The standard InChI is InChI=1S/C28H31N3O3/c1-4-33-26-10-9-21(16-27(26)34-5-2)11-14-30-28(32)25-17-23-18-29-13-12-24(23)31(25)19-22-8-6-7-20(3)15-22/h6-10,12-13,15-18H,4-5,11,14,19H2,1-3H3,(H,30,32). The first-order valence-electron chi connectivity index (χ1n) is 11.7. The van der Waals surface area contributed by atoms with E-state index in [1.807, 2.05) is 50.2 Å². The molecule has 0 aliphatic heterocycles. The van der Waals surface area contributed by atoms with E-state index in [4.69, 9.17) is 9.47 Å². The lowest BCUT2D eigenvalue weighted by Crippen LogP contribution is -2.28. The van der Waals surface area contributed by atoms with E-state index in [1.54, 1.807) is 12.4 Å². The van der Waals surface area contributed by atoms with Crippen LogP contribution in [-0.4, -0.2) is 35.2 Å². The Morgan fingerprint density at radius 3 is 2.59 bits per heavy atom. The molecule has 2 heterocycles. The number of rotatable bonds is 10. The minimum Gasteiger partial charge on any atom is -0.490 e. The molecule has 0 saturated heterocycles. The predicted octanol–water partition coefficient (Wildman–Crippen LogP) is 5.16. The number of ether oxygens (including phenoxy) is 2. The summed E-state index contributed by atoms with van der Waals surface area (Å²) in [6, 6.07) is 18.2. The van der Waals surface area contributed by atoms with Crippen molar-refractivity contribution in [2.24, 2.45) is 0 Å². The number of nitrogens with zero attached hydrogens (tertiary/aromatic N) is 2. The predicted molar refractivity (Wildman–Crippen MR) is 135 cm³/mol. The summed E-state index contributed by atoms with van der Waals surface area (Å²) in [5.41, 5.74) is 5.06. The zero-order valence-corrected chi connectivity index (χ0v) is 20.0. The van der Waals surface area contributed by atoms with Crippen LogP contribution in [0.5, 0.6) is 11.5 Å². The number of benzene rings is 2. The summed E-state index contributed by atoms with van der Waals surface area (Å²) < 4.78 is 13.4. The molecule has 0 aliphatic rings. The highest BCUT2D eigenvalue weighted by Gasteiger charge is 2.16. The van der Waals surface area contributed by atoms with Gasteiger partial charge in [0, 0.05) is 30.9 Å². The summed E-state index contributed by atoms with van der Waals surface area (Å²) >= 11 is 0. The number of amides is 1. The van der Waals surface area contributed by atoms with Gasteiger partial charge in [0.1, 0.15) is 5.69 Å². The third-order valence-corrected chi connectivity index (χ3v) is 5.66. The molecule has 2 aromatic carbocycles. The van der Waals surface area contributed by atoms with Crippen LogP contribution in [0.2, 0.25) is 0 Å². The summed E-state index contributed by atoms with van der Waals surface area (Å²) in [6.07, 6.45) is 4.25. The first kappa shape index (κ1) is 23.4. The van der Waals surface area contributed by atoms with E-state index in [2.05, 4.69) is 40.0 Å². The maximum absolute atomic E-state index is 13.2. The lowest BCUT2D eigenvalue weighted by Gasteiger charge is -2.13. The molecule has 0 saturated carbocycles. The summed E-state index contributed by atoms with van der Waals surface area (Å²) in [7, 11) is 0. The Kier molecular flexibility index (Phi) is 7.48. The van der Waals surface area contributed by atoms with Gasteiger partial charge in [-0.05, 0) is 62.6 Å². The summed E-state index contributed by atoms with van der Waals surface area (Å²) in [6.45, 7) is 8.27. The molecule has 0 fully saturated rings. The van der Waals surface area contributed by atoms with Crippen LogP contribution in [0.25, 0.3) is 10.9 Å². The topological polar surface area (TPSA) is 65.4 Å². The highest BCUT2D eigenvalue weighted by atomic mass is 16.5. The maximum Gasteiger partial charge on any atom is 0.267 e. The molecule has 6 nitrogen and oxygen atoms in total. The largest absolute Gasteiger partial charge is 0.490 e. The van der Waals surface area contributed by atoms with E-state index in [0.717, 1.165) is 33.5 Å². The van der Waals surface area contributed by atoms with Gasteiger partial charge in [-0.3, -0.25) is 9.78 Å². The van der Waals surface area contributed by atoms with Gasteiger partial charge in [0.25, 0.3) is 5.91 Å². The molecule has 0 unspecified atom stereocenters. The molecule has 1 amide bonds.